The van der Waals surface area contributed by atoms with E-state index in [9.17, 15) is 4.79 Å². The number of hydrogen-bond acceptors (Lipinski definition) is 5. The monoisotopic (exact) mass is 357 g/mol. The van der Waals surface area contributed by atoms with Gasteiger partial charge in [0.25, 0.3) is 5.91 Å². The van der Waals surface area contributed by atoms with E-state index in [1.54, 1.807) is 18.0 Å². The third kappa shape index (κ3) is 4.40. The molecule has 1 N–H and O–H groups in total. The first-order chi connectivity index (χ1) is 12.6. The van der Waals surface area contributed by atoms with Crippen molar-refractivity contribution >= 4 is 11.7 Å². The van der Waals surface area contributed by atoms with Gasteiger partial charge in [-0.25, -0.2) is 4.98 Å². The molecule has 26 heavy (non-hydrogen) atoms. The third-order valence-electron chi connectivity index (χ3n) is 4.79. The summed E-state index contributed by atoms with van der Waals surface area (Å²) in [5, 5.41) is 7.61. The number of aryl methyl sites for hydroxylation is 2. The van der Waals surface area contributed by atoms with Crippen molar-refractivity contribution in [2.24, 2.45) is 13.0 Å². The van der Waals surface area contributed by atoms with E-state index in [-0.39, 0.29) is 5.91 Å². The van der Waals surface area contributed by atoms with Crippen LogP contribution in [0.15, 0.2) is 24.5 Å². The summed E-state index contributed by atoms with van der Waals surface area (Å²) >= 11 is 0. The normalized spacial score (nSPS) is 17.3. The SMILES string of the molecule is COCC1CCCN(C(=O)c2ccc(NCc3cn(C)nc3C)nc2)C1. The molecule has 1 aliphatic rings. The summed E-state index contributed by atoms with van der Waals surface area (Å²) in [6.07, 6.45) is 5.79. The molecule has 1 amide bonds. The second-order valence-corrected chi connectivity index (χ2v) is 6.91. The molecule has 0 aliphatic carbocycles. The Hall–Kier alpha value is -2.41. The molecule has 1 atom stereocenters. The summed E-state index contributed by atoms with van der Waals surface area (Å²) in [7, 11) is 3.62. The number of methoxy groups -OCH3 is 1. The maximum Gasteiger partial charge on any atom is 0.255 e. The summed E-state index contributed by atoms with van der Waals surface area (Å²) in [4.78, 5) is 19.0. The summed E-state index contributed by atoms with van der Waals surface area (Å²) in [5.74, 6) is 1.22. The number of carbonyl (C=O) groups excluding carboxylic acids is 1. The van der Waals surface area contributed by atoms with Crippen LogP contribution in [0.4, 0.5) is 5.82 Å². The quantitative estimate of drug-likeness (QED) is 0.858. The number of rotatable bonds is 6. The van der Waals surface area contributed by atoms with Gasteiger partial charge in [-0.05, 0) is 37.8 Å². The van der Waals surface area contributed by atoms with Crippen molar-refractivity contribution in [1.29, 1.82) is 0 Å². The average molecular weight is 357 g/mol. The standard InChI is InChI=1S/C19H27N5O2/c1-14-17(12-23(2)22-14)10-21-18-7-6-16(9-20-18)19(25)24-8-4-5-15(11-24)13-26-3/h6-7,9,12,15H,4-5,8,10-11,13H2,1-3H3,(H,20,21). The predicted octanol–water partition coefficient (Wildman–Crippen LogP) is 2.23. The van der Waals surface area contributed by atoms with Crippen molar-refractivity contribution < 1.29 is 9.53 Å². The molecule has 2 aromatic rings. The van der Waals surface area contributed by atoms with Crippen LogP contribution in [0.3, 0.4) is 0 Å². The largest absolute Gasteiger partial charge is 0.384 e. The van der Waals surface area contributed by atoms with E-state index in [0.29, 0.717) is 24.6 Å². The van der Waals surface area contributed by atoms with Gasteiger partial charge in [0, 0.05) is 51.7 Å². The predicted molar refractivity (Wildman–Crippen MR) is 100 cm³/mol. The Morgan fingerprint density at radius 2 is 2.27 bits per heavy atom. The molecule has 1 unspecified atom stereocenters. The highest BCUT2D eigenvalue weighted by Gasteiger charge is 2.24. The first kappa shape index (κ1) is 18.4. The number of piperidine rings is 1. The molecule has 0 radical (unpaired) electrons. The minimum atomic E-state index is 0.0490. The molecule has 3 rings (SSSR count). The highest BCUT2D eigenvalue weighted by Crippen LogP contribution is 2.19. The Balaban J connectivity index is 1.58. The van der Waals surface area contributed by atoms with Crippen molar-refractivity contribution in [3.8, 4) is 0 Å². The number of nitrogens with one attached hydrogen (secondary N) is 1. The number of amides is 1. The van der Waals surface area contributed by atoms with E-state index in [0.717, 1.165) is 43.0 Å². The lowest BCUT2D eigenvalue weighted by Crippen LogP contribution is -2.41. The molecule has 0 saturated carbocycles. The second kappa shape index (κ2) is 8.31. The molecular weight excluding hydrogens is 330 g/mol. The van der Waals surface area contributed by atoms with Crippen LogP contribution in [0.5, 0.6) is 0 Å². The molecule has 7 nitrogen and oxygen atoms in total. The molecule has 2 aromatic heterocycles. The highest BCUT2D eigenvalue weighted by atomic mass is 16.5. The Kier molecular flexibility index (Phi) is 5.88. The third-order valence-corrected chi connectivity index (χ3v) is 4.79. The van der Waals surface area contributed by atoms with Crippen molar-refractivity contribution in [2.45, 2.75) is 26.3 Å². The molecular formula is C19H27N5O2. The van der Waals surface area contributed by atoms with E-state index in [1.165, 1.54) is 0 Å². The number of anilines is 1. The topological polar surface area (TPSA) is 72.3 Å². The smallest absolute Gasteiger partial charge is 0.255 e. The fraction of sp³-hybridized carbons (Fsp3) is 0.526. The summed E-state index contributed by atoms with van der Waals surface area (Å²) in [6, 6.07) is 3.70. The zero-order valence-corrected chi connectivity index (χ0v) is 15.7. The number of hydrogen-bond donors (Lipinski definition) is 1. The fourth-order valence-corrected chi connectivity index (χ4v) is 3.44. The molecule has 7 heteroatoms. The average Bonchev–Trinajstić information content (AvgIpc) is 2.97. The molecule has 0 aromatic carbocycles. The van der Waals surface area contributed by atoms with E-state index >= 15 is 0 Å². The van der Waals surface area contributed by atoms with Crippen LogP contribution in [0, 0.1) is 12.8 Å². The Labute approximate surface area is 154 Å². The Morgan fingerprint density at radius 1 is 1.42 bits per heavy atom. The van der Waals surface area contributed by atoms with E-state index in [2.05, 4.69) is 15.4 Å². The van der Waals surface area contributed by atoms with Crippen LogP contribution in [0.1, 0.15) is 34.5 Å². The lowest BCUT2D eigenvalue weighted by atomic mass is 9.98. The summed E-state index contributed by atoms with van der Waals surface area (Å²) in [6.45, 7) is 4.91. The second-order valence-electron chi connectivity index (χ2n) is 6.91. The number of ether oxygens (including phenoxy) is 1. The molecule has 1 fully saturated rings. The van der Waals surface area contributed by atoms with Gasteiger partial charge in [0.1, 0.15) is 5.82 Å². The van der Waals surface area contributed by atoms with Gasteiger partial charge in [0.2, 0.25) is 0 Å². The lowest BCUT2D eigenvalue weighted by Gasteiger charge is -2.32. The maximum absolute atomic E-state index is 12.7. The number of carbonyl (C=O) groups is 1. The molecule has 1 saturated heterocycles. The fourth-order valence-electron chi connectivity index (χ4n) is 3.44. The van der Waals surface area contributed by atoms with Gasteiger partial charge >= 0.3 is 0 Å². The molecule has 3 heterocycles. The lowest BCUT2D eigenvalue weighted by molar-refractivity contribution is 0.0570. The van der Waals surface area contributed by atoms with Gasteiger partial charge in [-0.2, -0.15) is 5.10 Å². The van der Waals surface area contributed by atoms with Gasteiger partial charge < -0.3 is 15.0 Å². The van der Waals surface area contributed by atoms with Gasteiger partial charge in [0.15, 0.2) is 0 Å². The number of pyridine rings is 1. The molecule has 0 spiro atoms. The van der Waals surface area contributed by atoms with Crippen LogP contribution in [0.25, 0.3) is 0 Å². The van der Waals surface area contributed by atoms with Gasteiger partial charge in [-0.15, -0.1) is 0 Å². The minimum Gasteiger partial charge on any atom is -0.384 e. The Bertz CT molecular complexity index is 739. The zero-order chi connectivity index (χ0) is 18.5. The molecule has 0 bridgehead atoms. The van der Waals surface area contributed by atoms with E-state index in [4.69, 9.17) is 4.74 Å². The molecule has 1 aliphatic heterocycles. The summed E-state index contributed by atoms with van der Waals surface area (Å²) in [5.41, 5.74) is 2.76. The summed E-state index contributed by atoms with van der Waals surface area (Å²) < 4.78 is 7.04. The molecule has 140 valence electrons. The number of likely N-dealkylation sites (tertiary alicyclic amines) is 1. The van der Waals surface area contributed by atoms with Gasteiger partial charge in [0.05, 0.1) is 17.9 Å². The first-order valence-corrected chi connectivity index (χ1v) is 9.04. The van der Waals surface area contributed by atoms with Crippen LogP contribution < -0.4 is 5.32 Å². The van der Waals surface area contributed by atoms with Crippen LogP contribution in [-0.4, -0.2) is 52.4 Å². The van der Waals surface area contributed by atoms with Crippen LogP contribution in [0.2, 0.25) is 0 Å². The van der Waals surface area contributed by atoms with Crippen molar-refractivity contribution in [3.05, 3.63) is 41.3 Å². The zero-order valence-electron chi connectivity index (χ0n) is 15.7. The highest BCUT2D eigenvalue weighted by molar-refractivity contribution is 5.94. The van der Waals surface area contributed by atoms with Crippen molar-refractivity contribution in [3.63, 3.8) is 0 Å². The van der Waals surface area contributed by atoms with Gasteiger partial charge in [-0.1, -0.05) is 0 Å². The van der Waals surface area contributed by atoms with Crippen molar-refractivity contribution in [1.82, 2.24) is 19.7 Å². The van der Waals surface area contributed by atoms with Crippen molar-refractivity contribution in [2.75, 3.05) is 32.1 Å². The first-order valence-electron chi connectivity index (χ1n) is 9.04. The van der Waals surface area contributed by atoms with E-state index < -0.39 is 0 Å². The minimum absolute atomic E-state index is 0.0490. The van der Waals surface area contributed by atoms with Gasteiger partial charge in [-0.3, -0.25) is 9.48 Å². The number of aromatic nitrogens is 3. The van der Waals surface area contributed by atoms with Crippen LogP contribution >= 0.6 is 0 Å². The maximum atomic E-state index is 12.7. The Morgan fingerprint density at radius 3 is 2.92 bits per heavy atom. The van der Waals surface area contributed by atoms with E-state index in [1.807, 2.05) is 37.2 Å². The van der Waals surface area contributed by atoms with Crippen LogP contribution in [-0.2, 0) is 18.3 Å². The number of nitrogens with zero attached hydrogens (tertiary/aromatic N) is 4.